The lowest BCUT2D eigenvalue weighted by molar-refractivity contribution is -0.129. The van der Waals surface area contributed by atoms with Gasteiger partial charge in [-0.25, -0.2) is 9.79 Å². The van der Waals surface area contributed by atoms with Crippen LogP contribution in [0.15, 0.2) is 77.4 Å². The number of nitrogens with zero attached hydrogens (tertiary/aromatic N) is 1. The molecule has 0 amide bonds. The molecular formula is C28H23NO7. The highest BCUT2D eigenvalue weighted by Crippen LogP contribution is 2.45. The molecule has 0 fully saturated rings. The maximum Gasteiger partial charge on any atom is 0.364 e. The summed E-state index contributed by atoms with van der Waals surface area (Å²) in [5.74, 6) is 2.68. The fraction of sp³-hybridized carbons (Fsp3) is 0.143. The molecule has 2 heterocycles. The van der Waals surface area contributed by atoms with E-state index < -0.39 is 5.97 Å². The van der Waals surface area contributed by atoms with E-state index in [0.29, 0.717) is 56.8 Å². The summed E-state index contributed by atoms with van der Waals surface area (Å²) in [6.45, 7) is 0. The van der Waals surface area contributed by atoms with E-state index in [0.717, 1.165) is 0 Å². The van der Waals surface area contributed by atoms with Gasteiger partial charge in [0.2, 0.25) is 11.6 Å². The van der Waals surface area contributed by atoms with Crippen molar-refractivity contribution in [1.29, 1.82) is 0 Å². The Balaban J connectivity index is 1.71. The molecule has 0 aliphatic carbocycles. The second-order valence-corrected chi connectivity index (χ2v) is 7.82. The van der Waals surface area contributed by atoms with Crippen molar-refractivity contribution >= 4 is 23.2 Å². The molecule has 182 valence electrons. The van der Waals surface area contributed by atoms with Gasteiger partial charge in [0.15, 0.2) is 17.2 Å². The average molecular weight is 485 g/mol. The van der Waals surface area contributed by atoms with Crippen molar-refractivity contribution in [2.45, 2.75) is 0 Å². The lowest BCUT2D eigenvalue weighted by Gasteiger charge is -2.22. The van der Waals surface area contributed by atoms with Crippen LogP contribution in [0.25, 0.3) is 11.3 Å². The molecule has 0 radical (unpaired) electrons. The van der Waals surface area contributed by atoms with E-state index in [2.05, 4.69) is 4.99 Å². The van der Waals surface area contributed by atoms with E-state index in [-0.39, 0.29) is 11.6 Å². The predicted molar refractivity (Wildman–Crippen MR) is 134 cm³/mol. The Bertz CT molecular complexity index is 1410. The maximum absolute atomic E-state index is 13.0. The third-order valence-electron chi connectivity index (χ3n) is 5.79. The Hall–Kier alpha value is -4.72. The number of cyclic esters (lactones) is 1. The summed E-state index contributed by atoms with van der Waals surface area (Å²) in [6.07, 6.45) is 1.75. The van der Waals surface area contributed by atoms with Crippen molar-refractivity contribution in [3.05, 3.63) is 89.1 Å². The first-order valence-corrected chi connectivity index (χ1v) is 11.0. The normalized spacial score (nSPS) is 16.3. The van der Waals surface area contributed by atoms with Gasteiger partial charge in [-0.15, -0.1) is 0 Å². The van der Waals surface area contributed by atoms with Gasteiger partial charge in [0.05, 0.1) is 28.4 Å². The van der Waals surface area contributed by atoms with Crippen LogP contribution in [0.5, 0.6) is 28.7 Å². The fourth-order valence-corrected chi connectivity index (χ4v) is 4.03. The quantitative estimate of drug-likeness (QED) is 0.364. The molecule has 3 aromatic carbocycles. The van der Waals surface area contributed by atoms with Gasteiger partial charge >= 0.3 is 5.97 Å². The number of hydrogen-bond acceptors (Lipinski definition) is 8. The van der Waals surface area contributed by atoms with Crippen LogP contribution >= 0.6 is 0 Å². The Kier molecular flexibility index (Phi) is 6.08. The lowest BCUT2D eigenvalue weighted by atomic mass is 9.97. The highest BCUT2D eigenvalue weighted by molar-refractivity contribution is 6.15. The Morgan fingerprint density at radius 1 is 0.750 bits per heavy atom. The number of rotatable bonds is 6. The molecule has 8 heteroatoms. The molecule has 2 aliphatic heterocycles. The minimum absolute atomic E-state index is 0.164. The maximum atomic E-state index is 13.0. The smallest absolute Gasteiger partial charge is 0.364 e. The van der Waals surface area contributed by atoms with Gasteiger partial charge in [0, 0.05) is 22.3 Å². The van der Waals surface area contributed by atoms with E-state index in [4.69, 9.17) is 28.4 Å². The second-order valence-electron chi connectivity index (χ2n) is 7.82. The monoisotopic (exact) mass is 485 g/mol. The number of benzene rings is 3. The van der Waals surface area contributed by atoms with Crippen molar-refractivity contribution in [3.63, 3.8) is 0 Å². The van der Waals surface area contributed by atoms with Crippen LogP contribution < -0.4 is 23.7 Å². The molecule has 3 aromatic rings. The van der Waals surface area contributed by atoms with Crippen LogP contribution in [0, 0.1) is 0 Å². The first kappa shape index (κ1) is 23.0. The molecule has 0 saturated carbocycles. The third kappa shape index (κ3) is 4.02. The van der Waals surface area contributed by atoms with Gasteiger partial charge < -0.3 is 28.4 Å². The molecule has 36 heavy (non-hydrogen) atoms. The number of allylic oxidation sites excluding steroid dienone is 2. The summed E-state index contributed by atoms with van der Waals surface area (Å²) in [6, 6.07) is 18.2. The molecule has 0 bridgehead atoms. The molecule has 0 unspecified atom stereocenters. The van der Waals surface area contributed by atoms with Crippen LogP contribution in [0.2, 0.25) is 0 Å². The van der Waals surface area contributed by atoms with Crippen molar-refractivity contribution in [3.8, 4) is 28.7 Å². The standard InChI is InChI=1S/C28H23NO7/c1-31-18-10-11-21-19(14-18)20(25-28(30)36-27(29-25)16-8-6-5-7-9-16)15-22(35-21)17-12-23(32-2)26(34-4)24(13-17)33-3/h5-15H,1-4H3. The lowest BCUT2D eigenvalue weighted by Crippen LogP contribution is -2.09. The van der Waals surface area contributed by atoms with E-state index in [1.807, 2.05) is 30.3 Å². The van der Waals surface area contributed by atoms with E-state index >= 15 is 0 Å². The van der Waals surface area contributed by atoms with E-state index in [1.165, 1.54) is 7.11 Å². The highest BCUT2D eigenvalue weighted by atomic mass is 16.6. The summed E-state index contributed by atoms with van der Waals surface area (Å²) >= 11 is 0. The number of carbonyl (C=O) groups is 1. The number of ether oxygens (including phenoxy) is 6. The van der Waals surface area contributed by atoms with Crippen LogP contribution in [-0.4, -0.2) is 40.3 Å². The minimum Gasteiger partial charge on any atom is -0.497 e. The van der Waals surface area contributed by atoms with Crippen molar-refractivity contribution in [1.82, 2.24) is 0 Å². The number of aliphatic imine (C=N–C) groups is 1. The van der Waals surface area contributed by atoms with Gasteiger partial charge in [-0.1, -0.05) is 18.2 Å². The molecule has 0 spiro atoms. The zero-order valence-corrected chi connectivity index (χ0v) is 20.2. The van der Waals surface area contributed by atoms with Gasteiger partial charge in [0.1, 0.15) is 17.3 Å². The molecule has 8 nitrogen and oxygen atoms in total. The van der Waals surface area contributed by atoms with Crippen LogP contribution in [0.4, 0.5) is 0 Å². The summed E-state index contributed by atoms with van der Waals surface area (Å²) < 4.78 is 33.6. The number of methoxy groups -OCH3 is 4. The van der Waals surface area contributed by atoms with Crippen molar-refractivity contribution in [2.24, 2.45) is 4.99 Å². The Morgan fingerprint density at radius 3 is 2.11 bits per heavy atom. The number of fused-ring (bicyclic) bond motifs is 1. The van der Waals surface area contributed by atoms with Gasteiger partial charge in [-0.2, -0.15) is 0 Å². The molecule has 0 N–H and O–H groups in total. The van der Waals surface area contributed by atoms with E-state index in [9.17, 15) is 4.79 Å². The van der Waals surface area contributed by atoms with E-state index in [1.54, 1.807) is 57.7 Å². The van der Waals surface area contributed by atoms with Crippen LogP contribution in [0.1, 0.15) is 16.7 Å². The molecule has 0 saturated heterocycles. The van der Waals surface area contributed by atoms with Gasteiger partial charge in [0.25, 0.3) is 0 Å². The predicted octanol–water partition coefficient (Wildman–Crippen LogP) is 4.87. The highest BCUT2D eigenvalue weighted by Gasteiger charge is 2.31. The van der Waals surface area contributed by atoms with Gasteiger partial charge in [-0.3, -0.25) is 0 Å². The molecular weight excluding hydrogens is 462 g/mol. The zero-order chi connectivity index (χ0) is 25.2. The zero-order valence-electron chi connectivity index (χ0n) is 20.2. The Labute approximate surface area is 208 Å². The average Bonchev–Trinajstić information content (AvgIpc) is 3.32. The first-order valence-electron chi connectivity index (χ1n) is 11.0. The summed E-state index contributed by atoms with van der Waals surface area (Å²) in [5.41, 5.74) is 2.71. The molecule has 0 atom stereocenters. The third-order valence-corrected chi connectivity index (χ3v) is 5.79. The fourth-order valence-electron chi connectivity index (χ4n) is 4.03. The summed E-state index contributed by atoms with van der Waals surface area (Å²) in [4.78, 5) is 17.6. The van der Waals surface area contributed by atoms with Crippen LogP contribution in [0.3, 0.4) is 0 Å². The largest absolute Gasteiger partial charge is 0.497 e. The SMILES string of the molecule is COc1ccc2c(c1)C(=C1N=C(c3ccccc3)OC1=O)C=C(c1cc(OC)c(OC)c(OC)c1)O2. The summed E-state index contributed by atoms with van der Waals surface area (Å²) in [5, 5.41) is 0. The molecule has 2 aliphatic rings. The Morgan fingerprint density at radius 2 is 1.47 bits per heavy atom. The second kappa shape index (κ2) is 9.50. The summed E-state index contributed by atoms with van der Waals surface area (Å²) in [7, 11) is 6.20. The number of carbonyl (C=O) groups excluding carboxylic acids is 1. The van der Waals surface area contributed by atoms with Crippen molar-refractivity contribution in [2.75, 3.05) is 28.4 Å². The van der Waals surface area contributed by atoms with Gasteiger partial charge in [-0.05, 0) is 48.5 Å². The number of esters is 1. The molecule has 0 aromatic heterocycles. The first-order chi connectivity index (χ1) is 17.6. The minimum atomic E-state index is -0.556. The topological polar surface area (TPSA) is 84.8 Å². The van der Waals surface area contributed by atoms with Crippen molar-refractivity contribution < 1.29 is 33.2 Å². The van der Waals surface area contributed by atoms with Crippen LogP contribution in [-0.2, 0) is 9.53 Å². The molecule has 5 rings (SSSR count). The number of hydrogen-bond donors (Lipinski definition) is 0.